The third-order valence-electron chi connectivity index (χ3n) is 3.38. The van der Waals surface area contributed by atoms with Crippen LogP contribution in [0.1, 0.15) is 84.5 Å². The smallest absolute Gasteiger partial charge is 0.114 e. The highest BCUT2D eigenvalue weighted by Gasteiger charge is 2.00. The Morgan fingerprint density at radius 1 is 0.684 bits per heavy atom. The molecule has 0 rings (SSSR count). The highest BCUT2D eigenvalue weighted by molar-refractivity contribution is 5.08. The van der Waals surface area contributed by atoms with Crippen molar-refractivity contribution < 1.29 is 10.2 Å². The van der Waals surface area contributed by atoms with Gasteiger partial charge in [0.05, 0.1) is 0 Å². The number of rotatable bonds is 11. The highest BCUT2D eigenvalue weighted by atomic mass is 16.3. The molecule has 19 heavy (non-hydrogen) atoms. The summed E-state index contributed by atoms with van der Waals surface area (Å²) in [5.74, 6) is 5.38. The first-order chi connectivity index (χ1) is 9.20. The third kappa shape index (κ3) is 13.7. The molecular weight excluding hydrogens is 236 g/mol. The fourth-order valence-electron chi connectivity index (χ4n) is 2.01. The van der Waals surface area contributed by atoms with Gasteiger partial charge in [-0.3, -0.25) is 0 Å². The first-order valence-electron chi connectivity index (χ1n) is 8.07. The minimum atomic E-state index is -0.585. The van der Waals surface area contributed by atoms with Gasteiger partial charge in [-0.05, 0) is 19.3 Å². The molecular formula is C17H32O2. The molecule has 0 bridgehead atoms. The van der Waals surface area contributed by atoms with Crippen molar-refractivity contribution in [2.75, 3.05) is 0 Å². The molecule has 1 unspecified atom stereocenters. The van der Waals surface area contributed by atoms with Crippen LogP contribution in [0.4, 0.5) is 0 Å². The van der Waals surface area contributed by atoms with E-state index in [0.717, 1.165) is 12.8 Å². The summed E-state index contributed by atoms with van der Waals surface area (Å²) in [7, 11) is 0. The van der Waals surface area contributed by atoms with Gasteiger partial charge < -0.3 is 10.2 Å². The van der Waals surface area contributed by atoms with Crippen molar-refractivity contribution >= 4 is 0 Å². The van der Waals surface area contributed by atoms with Crippen molar-refractivity contribution in [2.24, 2.45) is 0 Å². The lowest BCUT2D eigenvalue weighted by atomic mass is 10.1. The number of hydrogen-bond acceptors (Lipinski definition) is 2. The lowest BCUT2D eigenvalue weighted by Gasteiger charge is -2.04. The van der Waals surface area contributed by atoms with Crippen LogP contribution >= 0.6 is 0 Å². The molecule has 0 saturated carbocycles. The van der Waals surface area contributed by atoms with Gasteiger partial charge in [-0.25, -0.2) is 0 Å². The summed E-state index contributed by atoms with van der Waals surface area (Å²) in [5, 5.41) is 18.9. The number of hydrogen-bond donors (Lipinski definition) is 2. The molecule has 2 nitrogen and oxygen atoms in total. The Bertz CT molecular complexity index is 239. The van der Waals surface area contributed by atoms with E-state index in [1.165, 1.54) is 51.4 Å². The molecule has 2 N–H and O–H groups in total. The van der Waals surface area contributed by atoms with E-state index in [0.29, 0.717) is 6.42 Å². The zero-order valence-electron chi connectivity index (χ0n) is 12.8. The molecule has 2 heteroatoms. The van der Waals surface area contributed by atoms with E-state index in [4.69, 9.17) is 0 Å². The second-order valence-electron chi connectivity index (χ2n) is 5.35. The summed E-state index contributed by atoms with van der Waals surface area (Å²) in [4.78, 5) is 0. The molecule has 0 fully saturated rings. The zero-order chi connectivity index (χ0) is 14.3. The van der Waals surface area contributed by atoms with Crippen molar-refractivity contribution in [3.63, 3.8) is 0 Å². The summed E-state index contributed by atoms with van der Waals surface area (Å²) >= 11 is 0. The van der Waals surface area contributed by atoms with Gasteiger partial charge in [0.15, 0.2) is 0 Å². The molecule has 2 atom stereocenters. The Hall–Kier alpha value is -0.520. The normalized spacial score (nSPS) is 13.7. The third-order valence-corrected chi connectivity index (χ3v) is 3.38. The maximum Gasteiger partial charge on any atom is 0.114 e. The van der Waals surface area contributed by atoms with Crippen molar-refractivity contribution in [3.05, 3.63) is 0 Å². The molecule has 112 valence electrons. The van der Waals surface area contributed by atoms with E-state index in [-0.39, 0.29) is 0 Å². The Balaban J connectivity index is 3.31. The average Bonchev–Trinajstić information content (AvgIpc) is 2.42. The molecule has 0 heterocycles. The first-order valence-corrected chi connectivity index (χ1v) is 8.07. The van der Waals surface area contributed by atoms with Gasteiger partial charge in [-0.15, -0.1) is 0 Å². The largest absolute Gasteiger partial charge is 0.380 e. The van der Waals surface area contributed by atoms with Crippen LogP contribution in [0, 0.1) is 11.8 Å². The van der Waals surface area contributed by atoms with Gasteiger partial charge in [0.25, 0.3) is 0 Å². The fraction of sp³-hybridized carbons (Fsp3) is 0.882. The molecule has 0 aliphatic heterocycles. The van der Waals surface area contributed by atoms with E-state index in [1.54, 1.807) is 0 Å². The second kappa shape index (κ2) is 13.9. The molecule has 0 amide bonds. The van der Waals surface area contributed by atoms with Crippen LogP contribution < -0.4 is 0 Å². The van der Waals surface area contributed by atoms with Gasteiger partial charge >= 0.3 is 0 Å². The van der Waals surface area contributed by atoms with Gasteiger partial charge in [0, 0.05) is 0 Å². The van der Waals surface area contributed by atoms with Gasteiger partial charge in [-0.1, -0.05) is 77.1 Å². The predicted octanol–water partition coefficient (Wildman–Crippen LogP) is 4.04. The molecule has 0 aliphatic carbocycles. The summed E-state index contributed by atoms with van der Waals surface area (Å²) in [6.07, 6.45) is 11.8. The summed E-state index contributed by atoms with van der Waals surface area (Å²) < 4.78 is 0. The van der Waals surface area contributed by atoms with E-state index < -0.39 is 12.2 Å². The molecule has 0 aromatic carbocycles. The van der Waals surface area contributed by atoms with Crippen molar-refractivity contribution in [2.45, 2.75) is 96.7 Å². The maximum atomic E-state index is 9.61. The zero-order valence-corrected chi connectivity index (χ0v) is 12.8. The summed E-state index contributed by atoms with van der Waals surface area (Å²) in [6.45, 7) is 4.12. The quantitative estimate of drug-likeness (QED) is 0.438. The fourth-order valence-corrected chi connectivity index (χ4v) is 2.01. The Morgan fingerprint density at radius 2 is 1.16 bits per heavy atom. The monoisotopic (exact) mass is 268 g/mol. The molecule has 0 radical (unpaired) electrons. The van der Waals surface area contributed by atoms with E-state index in [1.807, 2.05) is 6.92 Å². The van der Waals surface area contributed by atoms with Crippen LogP contribution in [0.2, 0.25) is 0 Å². The van der Waals surface area contributed by atoms with Crippen molar-refractivity contribution in [1.29, 1.82) is 0 Å². The van der Waals surface area contributed by atoms with Crippen molar-refractivity contribution in [1.82, 2.24) is 0 Å². The number of aliphatic hydroxyl groups is 2. The SMILES string of the molecule is CCCCCCCCCCC[C@H](O)C#CC(O)CC. The molecule has 0 saturated heterocycles. The Morgan fingerprint density at radius 3 is 1.68 bits per heavy atom. The maximum absolute atomic E-state index is 9.61. The Kier molecular flexibility index (Phi) is 13.5. The van der Waals surface area contributed by atoms with Gasteiger partial charge in [0.1, 0.15) is 12.2 Å². The number of aliphatic hydroxyl groups excluding tert-OH is 2. The summed E-state index contributed by atoms with van der Waals surface area (Å²) in [6, 6.07) is 0. The average molecular weight is 268 g/mol. The minimum absolute atomic E-state index is 0.564. The molecule has 0 aliphatic rings. The summed E-state index contributed by atoms with van der Waals surface area (Å²) in [5.41, 5.74) is 0. The topological polar surface area (TPSA) is 40.5 Å². The molecule has 0 aromatic rings. The lowest BCUT2D eigenvalue weighted by molar-refractivity contribution is 0.211. The standard InChI is InChI=1S/C17H32O2/c1-3-5-6-7-8-9-10-11-12-13-17(19)15-14-16(18)4-2/h16-19H,3-13H2,1-2H3/t16?,17-/m0/s1. The lowest BCUT2D eigenvalue weighted by Crippen LogP contribution is -2.06. The van der Waals surface area contributed by atoms with Crippen LogP contribution in [0.15, 0.2) is 0 Å². The van der Waals surface area contributed by atoms with Crippen LogP contribution in [0.25, 0.3) is 0 Å². The Labute approximate surface area is 119 Å². The molecule has 0 aromatic heterocycles. The van der Waals surface area contributed by atoms with E-state index in [2.05, 4.69) is 18.8 Å². The highest BCUT2D eigenvalue weighted by Crippen LogP contribution is 2.11. The van der Waals surface area contributed by atoms with Crippen LogP contribution in [-0.2, 0) is 0 Å². The second-order valence-corrected chi connectivity index (χ2v) is 5.35. The minimum Gasteiger partial charge on any atom is -0.380 e. The van der Waals surface area contributed by atoms with E-state index in [9.17, 15) is 10.2 Å². The van der Waals surface area contributed by atoms with Crippen LogP contribution in [-0.4, -0.2) is 22.4 Å². The van der Waals surface area contributed by atoms with Crippen LogP contribution in [0.5, 0.6) is 0 Å². The van der Waals surface area contributed by atoms with E-state index >= 15 is 0 Å². The van der Waals surface area contributed by atoms with Gasteiger partial charge in [-0.2, -0.15) is 0 Å². The first kappa shape index (κ1) is 18.5. The van der Waals surface area contributed by atoms with Crippen molar-refractivity contribution in [3.8, 4) is 11.8 Å². The predicted molar refractivity (Wildman–Crippen MR) is 81.9 cm³/mol. The number of unbranched alkanes of at least 4 members (excludes halogenated alkanes) is 8. The van der Waals surface area contributed by atoms with Gasteiger partial charge in [0.2, 0.25) is 0 Å². The molecule has 0 spiro atoms. The van der Waals surface area contributed by atoms with Crippen LogP contribution in [0.3, 0.4) is 0 Å².